The number of nitrogens with zero attached hydrogens (tertiary/aromatic N) is 5. The zero-order chi connectivity index (χ0) is 17.2. The van der Waals surface area contributed by atoms with E-state index in [4.69, 9.17) is 0 Å². The third-order valence-corrected chi connectivity index (χ3v) is 5.87. The van der Waals surface area contributed by atoms with Crippen LogP contribution < -0.4 is 15.9 Å². The van der Waals surface area contributed by atoms with Gasteiger partial charge in [0.1, 0.15) is 5.82 Å². The van der Waals surface area contributed by atoms with Crippen LogP contribution in [0, 0.1) is 12.7 Å². The van der Waals surface area contributed by atoms with E-state index in [1.165, 1.54) is 2.78 Å². The molecule has 1 N–H and O–H groups in total. The van der Waals surface area contributed by atoms with E-state index in [-0.39, 0.29) is 23.2 Å². The van der Waals surface area contributed by atoms with E-state index >= 15 is 0 Å². The predicted molar refractivity (Wildman–Crippen MR) is 99.6 cm³/mol. The highest BCUT2D eigenvalue weighted by Gasteiger charge is 2.35. The van der Waals surface area contributed by atoms with Gasteiger partial charge in [0, 0.05) is 25.7 Å². The molecule has 1 saturated heterocycles. The van der Waals surface area contributed by atoms with Gasteiger partial charge in [-0.15, -0.1) is 0 Å². The first-order valence-electron chi connectivity index (χ1n) is 7.88. The maximum atomic E-state index is 14.7. The largest absolute Gasteiger partial charge is 0.380 e. The Balaban J connectivity index is 2.05. The Morgan fingerprint density at radius 3 is 2.83 bits per heavy atom. The number of hydrogen-bond acceptors (Lipinski definition) is 6. The van der Waals surface area contributed by atoms with Gasteiger partial charge >= 0.3 is 5.69 Å². The maximum absolute atomic E-state index is 14.7. The highest BCUT2D eigenvalue weighted by Crippen LogP contribution is 2.37. The lowest BCUT2D eigenvalue weighted by Crippen LogP contribution is -2.58. The van der Waals surface area contributed by atoms with Crippen LogP contribution in [0.1, 0.15) is 12.6 Å². The van der Waals surface area contributed by atoms with Gasteiger partial charge in [-0.2, -0.15) is 4.98 Å². The lowest BCUT2D eigenvalue weighted by Gasteiger charge is -2.43. The molecule has 2 unspecified atom stereocenters. The van der Waals surface area contributed by atoms with Gasteiger partial charge in [0.25, 0.3) is 0 Å². The summed E-state index contributed by atoms with van der Waals surface area (Å²) in [5.74, 6) is 0.168. The van der Waals surface area contributed by atoms with Gasteiger partial charge in [-0.3, -0.25) is 4.90 Å². The van der Waals surface area contributed by atoms with E-state index < -0.39 is 0 Å². The number of rotatable bonds is 0. The summed E-state index contributed by atoms with van der Waals surface area (Å²) in [4.78, 5) is 25.3. The van der Waals surface area contributed by atoms with Crippen LogP contribution in [-0.2, 0) is 0 Å². The quantitative estimate of drug-likeness (QED) is 0.620. The molecular formula is C15H18FIN6O. The first-order valence-corrected chi connectivity index (χ1v) is 8.84. The number of likely N-dealkylation sites (N-methyl/N-ethyl adjacent to an activating group) is 1. The minimum absolute atomic E-state index is 0.124. The van der Waals surface area contributed by atoms with Crippen molar-refractivity contribution >= 4 is 45.4 Å². The molecule has 2 aromatic heterocycles. The second kappa shape index (κ2) is 5.51. The molecule has 4 heterocycles. The molecule has 0 saturated carbocycles. The Bertz CT molecular complexity index is 900. The number of hydrogen-bond donors (Lipinski definition) is 1. The summed E-state index contributed by atoms with van der Waals surface area (Å²) >= 11 is 1.87. The number of nitrogens with one attached hydrogen (secondary N) is 1. The highest BCUT2D eigenvalue weighted by atomic mass is 127. The van der Waals surface area contributed by atoms with E-state index in [1.807, 2.05) is 22.9 Å². The van der Waals surface area contributed by atoms with Crippen LogP contribution >= 0.6 is 22.9 Å². The minimum atomic E-state index is -0.380. The Morgan fingerprint density at radius 2 is 2.08 bits per heavy atom. The van der Waals surface area contributed by atoms with Gasteiger partial charge in [-0.25, -0.2) is 16.9 Å². The van der Waals surface area contributed by atoms with Crippen LogP contribution in [0.2, 0.25) is 0 Å². The van der Waals surface area contributed by atoms with Gasteiger partial charge in [0.2, 0.25) is 0 Å². The standard InChI is InChI=1S/C15H18FIN6O/c1-7-5-22-9(6-21(7)3)4-18-12-10-13(22)20-15(24)23(17)14(10)19-8(2)11(12)16/h7,9,18H,4-6H2,1-3H3. The van der Waals surface area contributed by atoms with E-state index in [0.717, 1.165) is 13.1 Å². The van der Waals surface area contributed by atoms with Crippen molar-refractivity contribution in [1.82, 2.24) is 17.6 Å². The van der Waals surface area contributed by atoms with Crippen LogP contribution in [0.4, 0.5) is 15.9 Å². The van der Waals surface area contributed by atoms with Crippen molar-refractivity contribution in [3.63, 3.8) is 0 Å². The average molecular weight is 444 g/mol. The molecule has 0 spiro atoms. The van der Waals surface area contributed by atoms with Crippen molar-refractivity contribution < 1.29 is 4.39 Å². The molecule has 24 heavy (non-hydrogen) atoms. The van der Waals surface area contributed by atoms with Gasteiger partial charge in [0.05, 0.1) is 45.7 Å². The molecule has 1 fully saturated rings. The van der Waals surface area contributed by atoms with Crippen LogP contribution in [0.5, 0.6) is 0 Å². The first-order chi connectivity index (χ1) is 11.4. The average Bonchev–Trinajstić information content (AvgIpc) is 2.68. The van der Waals surface area contributed by atoms with Crippen molar-refractivity contribution in [2.75, 3.05) is 36.9 Å². The van der Waals surface area contributed by atoms with Crippen molar-refractivity contribution in [3.8, 4) is 0 Å². The molecule has 2 aliphatic heterocycles. The SMILES string of the molecule is Cc1nc2c3c(nc(=O)n2I)N2CC(C)N(C)CC2CNc3c1F. The molecule has 0 amide bonds. The Kier molecular flexibility index (Phi) is 3.68. The van der Waals surface area contributed by atoms with Crippen molar-refractivity contribution in [1.29, 1.82) is 0 Å². The molecule has 9 heteroatoms. The normalized spacial score (nSPS) is 23.8. The van der Waals surface area contributed by atoms with Crippen molar-refractivity contribution in [3.05, 3.63) is 22.0 Å². The summed E-state index contributed by atoms with van der Waals surface area (Å²) in [7, 11) is 2.08. The Labute approximate surface area is 152 Å². The summed E-state index contributed by atoms with van der Waals surface area (Å²) in [6.45, 7) is 5.91. The summed E-state index contributed by atoms with van der Waals surface area (Å²) in [5, 5.41) is 3.83. The highest BCUT2D eigenvalue weighted by molar-refractivity contribution is 14.1. The summed E-state index contributed by atoms with van der Waals surface area (Å²) in [6.07, 6.45) is 0. The van der Waals surface area contributed by atoms with Crippen LogP contribution in [0.15, 0.2) is 4.79 Å². The van der Waals surface area contributed by atoms with E-state index in [1.54, 1.807) is 6.92 Å². The number of fused-ring (bicyclic) bond motifs is 2. The molecule has 0 bridgehead atoms. The molecule has 2 atom stereocenters. The Hall–Kier alpha value is -1.49. The van der Waals surface area contributed by atoms with Gasteiger partial charge < -0.3 is 10.2 Å². The smallest absolute Gasteiger partial charge is 0.360 e. The molecule has 0 aromatic carbocycles. The zero-order valence-corrected chi connectivity index (χ0v) is 15.8. The fourth-order valence-electron chi connectivity index (χ4n) is 3.51. The van der Waals surface area contributed by atoms with E-state index in [2.05, 4.69) is 39.1 Å². The van der Waals surface area contributed by atoms with Crippen molar-refractivity contribution in [2.45, 2.75) is 25.9 Å². The van der Waals surface area contributed by atoms with E-state index in [9.17, 15) is 9.18 Å². The van der Waals surface area contributed by atoms with Gasteiger partial charge in [0.15, 0.2) is 11.5 Å². The fourth-order valence-corrected chi connectivity index (χ4v) is 3.97. The summed E-state index contributed by atoms with van der Waals surface area (Å²) in [6, 6.07) is 0.448. The number of pyridine rings is 1. The molecule has 4 rings (SSSR count). The summed E-state index contributed by atoms with van der Waals surface area (Å²) < 4.78 is 16.1. The van der Waals surface area contributed by atoms with Crippen LogP contribution in [0.3, 0.4) is 0 Å². The monoisotopic (exact) mass is 444 g/mol. The lowest BCUT2D eigenvalue weighted by atomic mass is 10.1. The third-order valence-electron chi connectivity index (χ3n) is 5.00. The van der Waals surface area contributed by atoms with Crippen LogP contribution in [0.25, 0.3) is 11.0 Å². The lowest BCUT2D eigenvalue weighted by molar-refractivity contribution is 0.203. The fraction of sp³-hybridized carbons (Fsp3) is 0.533. The van der Waals surface area contributed by atoms with Crippen molar-refractivity contribution in [2.24, 2.45) is 0 Å². The maximum Gasteiger partial charge on any atom is 0.360 e. The third kappa shape index (κ3) is 2.20. The minimum Gasteiger partial charge on any atom is -0.380 e. The summed E-state index contributed by atoms with van der Waals surface area (Å²) in [5.41, 5.74) is 0.751. The second-order valence-electron chi connectivity index (χ2n) is 6.56. The molecule has 0 aliphatic carbocycles. The molecular weight excluding hydrogens is 426 g/mol. The topological polar surface area (TPSA) is 66.3 Å². The molecule has 0 radical (unpaired) electrons. The number of anilines is 2. The number of aromatic nitrogens is 3. The molecule has 7 nitrogen and oxygen atoms in total. The zero-order valence-electron chi connectivity index (χ0n) is 13.7. The predicted octanol–water partition coefficient (Wildman–Crippen LogP) is 1.37. The molecule has 2 aromatic rings. The Morgan fingerprint density at radius 1 is 1.33 bits per heavy atom. The number of halogens is 2. The molecule has 128 valence electrons. The number of piperazine rings is 1. The van der Waals surface area contributed by atoms with Gasteiger partial charge in [-0.1, -0.05) is 0 Å². The van der Waals surface area contributed by atoms with Crippen LogP contribution in [-0.4, -0.2) is 56.4 Å². The van der Waals surface area contributed by atoms with Gasteiger partial charge in [-0.05, 0) is 20.9 Å². The van der Waals surface area contributed by atoms with E-state index in [0.29, 0.717) is 35.1 Å². The second-order valence-corrected chi connectivity index (χ2v) is 7.52. The molecule has 2 aliphatic rings. The first kappa shape index (κ1) is 16.0. The number of aryl methyl sites for hydroxylation is 1.